The van der Waals surface area contributed by atoms with Crippen LogP contribution in [-0.2, 0) is 4.79 Å². The third-order valence-electron chi connectivity index (χ3n) is 3.18. The van der Waals surface area contributed by atoms with Gasteiger partial charge in [-0.05, 0) is 37.5 Å². The highest BCUT2D eigenvalue weighted by Gasteiger charge is 2.10. The van der Waals surface area contributed by atoms with E-state index in [2.05, 4.69) is 54.2 Å². The third-order valence-corrected chi connectivity index (χ3v) is 4.03. The fourth-order valence-corrected chi connectivity index (χ4v) is 2.45. The molecule has 0 radical (unpaired) electrons. The van der Waals surface area contributed by atoms with Crippen LogP contribution in [0.5, 0.6) is 0 Å². The van der Waals surface area contributed by atoms with Crippen molar-refractivity contribution in [2.45, 2.75) is 40.0 Å². The Kier molecular flexibility index (Phi) is 7.67. The molecular weight excluding hydrogens is 316 g/mol. The summed E-state index contributed by atoms with van der Waals surface area (Å²) in [6.45, 7) is 8.69. The van der Waals surface area contributed by atoms with Gasteiger partial charge in [0.05, 0.1) is 0 Å². The maximum atomic E-state index is 12.1. The zero-order chi connectivity index (χ0) is 15.0. The molecule has 0 saturated carbocycles. The van der Waals surface area contributed by atoms with Crippen molar-refractivity contribution >= 4 is 27.5 Å². The van der Waals surface area contributed by atoms with Gasteiger partial charge in [-0.1, -0.05) is 35.8 Å². The molecule has 0 heterocycles. The minimum Gasteiger partial charge on any atom is -0.384 e. The number of amides is 1. The van der Waals surface area contributed by atoms with Crippen molar-refractivity contribution in [2.75, 3.05) is 25.0 Å². The summed E-state index contributed by atoms with van der Waals surface area (Å²) in [5.41, 5.74) is 2.26. The second-order valence-electron chi connectivity index (χ2n) is 5.02. The van der Waals surface area contributed by atoms with E-state index in [1.165, 1.54) is 5.56 Å². The highest BCUT2D eigenvalue weighted by atomic mass is 79.9. The van der Waals surface area contributed by atoms with Crippen LogP contribution in [0.1, 0.15) is 38.7 Å². The minimum absolute atomic E-state index is 0.243. The minimum atomic E-state index is 0.243. The molecule has 1 aromatic rings. The molecule has 0 fully saturated rings. The highest BCUT2D eigenvalue weighted by molar-refractivity contribution is 9.10. The molecule has 0 aromatic heterocycles. The molecule has 1 N–H and O–H groups in total. The lowest BCUT2D eigenvalue weighted by Crippen LogP contribution is -2.33. The summed E-state index contributed by atoms with van der Waals surface area (Å²) in [4.78, 5) is 14.1. The van der Waals surface area contributed by atoms with Crippen molar-refractivity contribution in [1.82, 2.24) is 4.90 Å². The second-order valence-corrected chi connectivity index (χ2v) is 5.88. The van der Waals surface area contributed by atoms with Crippen LogP contribution in [0, 0.1) is 6.92 Å². The average molecular weight is 341 g/mol. The van der Waals surface area contributed by atoms with Crippen molar-refractivity contribution in [1.29, 1.82) is 0 Å². The molecule has 112 valence electrons. The summed E-state index contributed by atoms with van der Waals surface area (Å²) in [5.74, 6) is 0.243. The van der Waals surface area contributed by atoms with E-state index >= 15 is 0 Å². The van der Waals surface area contributed by atoms with Gasteiger partial charge in [-0.15, -0.1) is 0 Å². The van der Waals surface area contributed by atoms with Gasteiger partial charge in [0.25, 0.3) is 0 Å². The molecule has 0 saturated heterocycles. The molecule has 0 bridgehead atoms. The lowest BCUT2D eigenvalue weighted by molar-refractivity contribution is -0.131. The molecule has 0 unspecified atom stereocenters. The number of anilines is 1. The number of nitrogens with zero attached hydrogens (tertiary/aromatic N) is 1. The van der Waals surface area contributed by atoms with Crippen molar-refractivity contribution in [3.63, 3.8) is 0 Å². The van der Waals surface area contributed by atoms with Crippen LogP contribution < -0.4 is 5.32 Å². The Morgan fingerprint density at radius 1 is 1.25 bits per heavy atom. The number of benzene rings is 1. The topological polar surface area (TPSA) is 32.3 Å². The maximum Gasteiger partial charge on any atom is 0.224 e. The van der Waals surface area contributed by atoms with Crippen LogP contribution in [0.2, 0.25) is 0 Å². The number of halogens is 1. The molecule has 0 aliphatic heterocycles. The molecule has 1 aromatic carbocycles. The Morgan fingerprint density at radius 2 is 1.90 bits per heavy atom. The number of rotatable bonds is 8. The van der Waals surface area contributed by atoms with Crippen LogP contribution >= 0.6 is 15.9 Å². The molecule has 1 amide bonds. The maximum absolute atomic E-state index is 12.1. The SMILES string of the molecule is CCCN(CCC)C(=O)CCNc1ccc(C)c(Br)c1. The fraction of sp³-hybridized carbons (Fsp3) is 0.562. The van der Waals surface area contributed by atoms with E-state index < -0.39 is 0 Å². The lowest BCUT2D eigenvalue weighted by Gasteiger charge is -2.21. The molecule has 0 atom stereocenters. The van der Waals surface area contributed by atoms with Crippen LogP contribution in [0.4, 0.5) is 5.69 Å². The molecular formula is C16H25BrN2O. The van der Waals surface area contributed by atoms with Gasteiger partial charge in [0.2, 0.25) is 5.91 Å². The molecule has 3 nitrogen and oxygen atoms in total. The molecule has 1 rings (SSSR count). The van der Waals surface area contributed by atoms with Gasteiger partial charge in [-0.3, -0.25) is 4.79 Å². The van der Waals surface area contributed by atoms with Crippen molar-refractivity contribution in [3.05, 3.63) is 28.2 Å². The Bertz CT molecular complexity index is 428. The van der Waals surface area contributed by atoms with Gasteiger partial charge in [-0.2, -0.15) is 0 Å². The van der Waals surface area contributed by atoms with E-state index in [-0.39, 0.29) is 5.91 Å². The lowest BCUT2D eigenvalue weighted by atomic mass is 10.2. The first kappa shape index (κ1) is 17.0. The Hall–Kier alpha value is -1.03. The summed E-state index contributed by atoms with van der Waals surface area (Å²) < 4.78 is 1.09. The van der Waals surface area contributed by atoms with Gasteiger partial charge in [0.15, 0.2) is 0 Å². The Balaban J connectivity index is 2.42. The average Bonchev–Trinajstić information content (AvgIpc) is 2.42. The largest absolute Gasteiger partial charge is 0.384 e. The normalized spacial score (nSPS) is 10.4. The zero-order valence-electron chi connectivity index (χ0n) is 12.7. The zero-order valence-corrected chi connectivity index (χ0v) is 14.3. The molecule has 0 spiro atoms. The Morgan fingerprint density at radius 3 is 2.45 bits per heavy atom. The summed E-state index contributed by atoms with van der Waals surface area (Å²) >= 11 is 3.52. The molecule has 0 aliphatic carbocycles. The summed E-state index contributed by atoms with van der Waals surface area (Å²) in [5, 5.41) is 3.31. The summed E-state index contributed by atoms with van der Waals surface area (Å²) in [6.07, 6.45) is 2.58. The van der Waals surface area contributed by atoms with E-state index in [0.717, 1.165) is 36.1 Å². The van der Waals surface area contributed by atoms with E-state index in [1.807, 2.05) is 11.0 Å². The number of nitrogens with one attached hydrogen (secondary N) is 1. The predicted octanol–water partition coefficient (Wildman–Crippen LogP) is 4.21. The number of hydrogen-bond acceptors (Lipinski definition) is 2. The standard InChI is InChI=1S/C16H25BrN2O/c1-4-10-19(11-5-2)16(20)8-9-18-14-7-6-13(3)15(17)12-14/h6-7,12,18H,4-5,8-11H2,1-3H3. The van der Waals surface area contributed by atoms with E-state index in [9.17, 15) is 4.79 Å². The van der Waals surface area contributed by atoms with Crippen molar-refractivity contribution < 1.29 is 4.79 Å². The molecule has 4 heteroatoms. The number of hydrogen-bond donors (Lipinski definition) is 1. The smallest absolute Gasteiger partial charge is 0.224 e. The van der Waals surface area contributed by atoms with Crippen LogP contribution in [0.15, 0.2) is 22.7 Å². The quantitative estimate of drug-likeness (QED) is 0.768. The predicted molar refractivity (Wildman–Crippen MR) is 89.1 cm³/mol. The van der Waals surface area contributed by atoms with Crippen LogP contribution in [0.25, 0.3) is 0 Å². The number of aryl methyl sites for hydroxylation is 1. The Labute approximate surface area is 130 Å². The van der Waals surface area contributed by atoms with E-state index in [1.54, 1.807) is 0 Å². The second kappa shape index (κ2) is 9.01. The van der Waals surface area contributed by atoms with E-state index in [0.29, 0.717) is 13.0 Å². The van der Waals surface area contributed by atoms with Gasteiger partial charge < -0.3 is 10.2 Å². The highest BCUT2D eigenvalue weighted by Crippen LogP contribution is 2.20. The number of carbonyl (C=O) groups is 1. The summed E-state index contributed by atoms with van der Waals surface area (Å²) in [6, 6.07) is 6.16. The van der Waals surface area contributed by atoms with Gasteiger partial charge in [-0.25, -0.2) is 0 Å². The van der Waals surface area contributed by atoms with Gasteiger partial charge in [0, 0.05) is 36.2 Å². The fourth-order valence-electron chi connectivity index (χ4n) is 2.08. The molecule has 0 aliphatic rings. The van der Waals surface area contributed by atoms with Crippen LogP contribution in [0.3, 0.4) is 0 Å². The van der Waals surface area contributed by atoms with Crippen LogP contribution in [-0.4, -0.2) is 30.4 Å². The molecule has 20 heavy (non-hydrogen) atoms. The first-order valence-corrected chi connectivity index (χ1v) is 8.15. The summed E-state index contributed by atoms with van der Waals surface area (Å²) in [7, 11) is 0. The first-order valence-electron chi connectivity index (χ1n) is 7.36. The van der Waals surface area contributed by atoms with Gasteiger partial charge >= 0.3 is 0 Å². The van der Waals surface area contributed by atoms with E-state index in [4.69, 9.17) is 0 Å². The monoisotopic (exact) mass is 340 g/mol. The van der Waals surface area contributed by atoms with Gasteiger partial charge in [0.1, 0.15) is 0 Å². The van der Waals surface area contributed by atoms with Crippen molar-refractivity contribution in [2.24, 2.45) is 0 Å². The number of carbonyl (C=O) groups excluding carboxylic acids is 1. The third kappa shape index (κ3) is 5.53. The van der Waals surface area contributed by atoms with Crippen molar-refractivity contribution in [3.8, 4) is 0 Å². The first-order chi connectivity index (χ1) is 9.58.